The van der Waals surface area contributed by atoms with E-state index in [1.807, 2.05) is 62.3 Å². The maximum atomic E-state index is 10.2. The van der Waals surface area contributed by atoms with Gasteiger partial charge >= 0.3 is 17.6 Å². The summed E-state index contributed by atoms with van der Waals surface area (Å²) < 4.78 is 4.60. The molecule has 0 atom stereocenters. The van der Waals surface area contributed by atoms with Crippen LogP contribution in [-0.4, -0.2) is 43.4 Å². The van der Waals surface area contributed by atoms with Gasteiger partial charge in [-0.1, -0.05) is 46.5 Å². The lowest BCUT2D eigenvalue weighted by molar-refractivity contribution is -0.396. The highest BCUT2D eigenvalue weighted by Crippen LogP contribution is 2.08. The molecule has 0 aliphatic rings. The van der Waals surface area contributed by atoms with Gasteiger partial charge in [-0.3, -0.25) is 0 Å². The quantitative estimate of drug-likeness (QED) is 0.303. The molecule has 0 unspecified atom stereocenters. The molecule has 0 aliphatic heterocycles. The third kappa shape index (κ3) is 13.5. The van der Waals surface area contributed by atoms with Gasteiger partial charge in [-0.25, -0.2) is 14.1 Å². The summed E-state index contributed by atoms with van der Waals surface area (Å²) in [6.07, 6.45) is 8.53. The van der Waals surface area contributed by atoms with Crippen molar-refractivity contribution in [3.63, 3.8) is 0 Å². The average molecular weight is 514 g/mol. The van der Waals surface area contributed by atoms with Gasteiger partial charge in [0.15, 0.2) is 6.33 Å². The van der Waals surface area contributed by atoms with Gasteiger partial charge in [-0.15, -0.1) is 0 Å². The number of aromatic nitrogens is 6. The molecule has 15 nitrogen and oxygen atoms in total. The van der Waals surface area contributed by atoms with E-state index in [1.165, 1.54) is 40.4 Å². The molecular weight excluding hydrogens is 474 g/mol. The first-order valence-electron chi connectivity index (χ1n) is 11.7. The SMILES string of the molecule is CC.CC.CC.CCn1ccnc1[N+](=O)[O-].CCn1cnc([N+](=O)[O-])c1.CCn1cncc1[N+](=O)[O-]. The molecule has 0 amide bonds. The highest BCUT2D eigenvalue weighted by Gasteiger charge is 2.11. The minimum absolute atomic E-state index is 0.0440. The van der Waals surface area contributed by atoms with Crippen LogP contribution in [-0.2, 0) is 19.6 Å². The van der Waals surface area contributed by atoms with Gasteiger partial charge in [-0.2, -0.15) is 0 Å². The number of nitro groups is 3. The molecule has 0 N–H and O–H groups in total. The maximum Gasteiger partial charge on any atom is 0.434 e. The largest absolute Gasteiger partial charge is 0.434 e. The topological polar surface area (TPSA) is 183 Å². The summed E-state index contributed by atoms with van der Waals surface area (Å²) in [6.45, 7) is 19.4. The number of hydrogen-bond donors (Lipinski definition) is 0. The van der Waals surface area contributed by atoms with Gasteiger partial charge in [0, 0.05) is 6.54 Å². The molecule has 36 heavy (non-hydrogen) atoms. The molecule has 0 saturated heterocycles. The molecule has 0 radical (unpaired) electrons. The zero-order chi connectivity index (χ0) is 28.7. The van der Waals surface area contributed by atoms with E-state index in [-0.39, 0.29) is 17.6 Å². The van der Waals surface area contributed by atoms with E-state index in [0.29, 0.717) is 19.6 Å². The van der Waals surface area contributed by atoms with Crippen LogP contribution in [0, 0.1) is 30.3 Å². The van der Waals surface area contributed by atoms with Gasteiger partial charge in [0.25, 0.3) is 0 Å². The Morgan fingerprint density at radius 2 is 1.31 bits per heavy atom. The van der Waals surface area contributed by atoms with E-state index in [9.17, 15) is 30.3 Å². The zero-order valence-electron chi connectivity index (χ0n) is 22.6. The van der Waals surface area contributed by atoms with Crippen LogP contribution in [0.15, 0.2) is 37.4 Å². The molecule has 3 heterocycles. The first kappa shape index (κ1) is 36.4. The molecule has 3 rings (SSSR count). The predicted octanol–water partition coefficient (Wildman–Crippen LogP) is 5.51. The third-order valence-electron chi connectivity index (χ3n) is 3.59. The Hall–Kier alpha value is -4.17. The van der Waals surface area contributed by atoms with Gasteiger partial charge in [0.05, 0.1) is 13.1 Å². The Morgan fingerprint density at radius 1 is 0.750 bits per heavy atom. The molecule has 204 valence electrons. The second kappa shape index (κ2) is 22.6. The van der Waals surface area contributed by atoms with Crippen LogP contribution in [0.1, 0.15) is 62.3 Å². The molecule has 0 fully saturated rings. The highest BCUT2D eigenvalue weighted by molar-refractivity contribution is 5.14. The summed E-state index contributed by atoms with van der Waals surface area (Å²) in [7, 11) is 0. The normalized spacial score (nSPS) is 8.58. The lowest BCUT2D eigenvalue weighted by Gasteiger charge is -1.94. The Morgan fingerprint density at radius 3 is 1.61 bits per heavy atom. The van der Waals surface area contributed by atoms with Crippen LogP contribution in [0.3, 0.4) is 0 Å². The van der Waals surface area contributed by atoms with Crippen LogP contribution in [0.4, 0.5) is 17.6 Å². The molecule has 0 bridgehead atoms. The summed E-state index contributed by atoms with van der Waals surface area (Å²) in [5.41, 5.74) is 0. The Bertz CT molecular complexity index is 930. The van der Waals surface area contributed by atoms with Crippen molar-refractivity contribution in [1.82, 2.24) is 28.7 Å². The molecule has 0 aliphatic carbocycles. The Kier molecular flexibility index (Phi) is 22.9. The minimum Gasteiger partial charge on any atom is -0.390 e. The number of hydrogen-bond acceptors (Lipinski definition) is 9. The zero-order valence-corrected chi connectivity index (χ0v) is 22.6. The highest BCUT2D eigenvalue weighted by atomic mass is 16.6. The smallest absolute Gasteiger partial charge is 0.390 e. The fourth-order valence-electron chi connectivity index (χ4n) is 2.05. The van der Waals surface area contributed by atoms with Crippen LogP contribution in [0.5, 0.6) is 0 Å². The van der Waals surface area contributed by atoms with E-state index >= 15 is 0 Å². The predicted molar refractivity (Wildman–Crippen MR) is 138 cm³/mol. The van der Waals surface area contributed by atoms with E-state index < -0.39 is 14.8 Å². The second-order valence-electron chi connectivity index (χ2n) is 5.38. The van der Waals surface area contributed by atoms with Crippen molar-refractivity contribution in [1.29, 1.82) is 0 Å². The summed E-state index contributed by atoms with van der Waals surface area (Å²) in [6, 6.07) is 0. The van der Waals surface area contributed by atoms with Crippen LogP contribution >= 0.6 is 0 Å². The third-order valence-corrected chi connectivity index (χ3v) is 3.59. The molecule has 0 aromatic carbocycles. The number of nitrogens with zero attached hydrogens (tertiary/aromatic N) is 9. The molecule has 0 saturated carbocycles. The lowest BCUT2D eigenvalue weighted by atomic mass is 10.7. The number of rotatable bonds is 6. The van der Waals surface area contributed by atoms with E-state index in [0.717, 1.165) is 0 Å². The first-order chi connectivity index (χ1) is 17.2. The Labute approximate surface area is 211 Å². The maximum absolute atomic E-state index is 10.2. The standard InChI is InChI=1S/3C5H7N3O2.3C2H6/c1-2-7-3-5(6-4-7)8(9)10;1-2-7-4-6-3-5(7)8(9)10;1-2-7-4-3-6-5(7)8(9)10;3*1-2/h3*3-4H,2H2,1H3;3*1-2H3. The van der Waals surface area contributed by atoms with Crippen molar-refractivity contribution < 1.29 is 14.8 Å². The molecular formula is C21H39N9O6. The first-order valence-corrected chi connectivity index (χ1v) is 11.7. The van der Waals surface area contributed by atoms with Crippen LogP contribution in [0.25, 0.3) is 0 Å². The molecule has 15 heteroatoms. The van der Waals surface area contributed by atoms with Crippen LogP contribution < -0.4 is 0 Å². The van der Waals surface area contributed by atoms with E-state index in [4.69, 9.17) is 0 Å². The average Bonchev–Trinajstić information content (AvgIpc) is 3.68. The fourth-order valence-corrected chi connectivity index (χ4v) is 2.05. The minimum atomic E-state index is -0.508. The van der Waals surface area contributed by atoms with E-state index in [2.05, 4.69) is 15.0 Å². The van der Waals surface area contributed by atoms with Gasteiger partial charge in [0.1, 0.15) is 24.8 Å². The number of aryl methyl sites for hydroxylation is 3. The van der Waals surface area contributed by atoms with Crippen LogP contribution in [0.2, 0.25) is 0 Å². The lowest BCUT2D eigenvalue weighted by Crippen LogP contribution is -2.00. The fraction of sp³-hybridized carbons (Fsp3) is 0.571. The van der Waals surface area contributed by atoms with Gasteiger partial charge in [0.2, 0.25) is 6.33 Å². The van der Waals surface area contributed by atoms with Crippen molar-refractivity contribution in [2.75, 3.05) is 0 Å². The van der Waals surface area contributed by atoms with E-state index in [1.54, 1.807) is 10.8 Å². The number of imidazole rings is 3. The second-order valence-corrected chi connectivity index (χ2v) is 5.38. The summed E-state index contributed by atoms with van der Waals surface area (Å²) in [5.74, 6) is -0.146. The summed E-state index contributed by atoms with van der Waals surface area (Å²) in [4.78, 5) is 39.7. The Balaban J connectivity index is -0.000000410. The summed E-state index contributed by atoms with van der Waals surface area (Å²) in [5, 5.41) is 30.4. The molecule has 3 aromatic heterocycles. The molecule has 0 spiro atoms. The van der Waals surface area contributed by atoms with Gasteiger partial charge < -0.3 is 34.9 Å². The molecule has 3 aromatic rings. The van der Waals surface area contributed by atoms with Crippen molar-refractivity contribution >= 4 is 17.6 Å². The van der Waals surface area contributed by atoms with Crippen molar-refractivity contribution in [3.8, 4) is 0 Å². The van der Waals surface area contributed by atoms with Crippen molar-refractivity contribution in [3.05, 3.63) is 67.8 Å². The van der Waals surface area contributed by atoms with Gasteiger partial charge in [-0.05, 0) is 40.5 Å². The monoisotopic (exact) mass is 513 g/mol. The van der Waals surface area contributed by atoms with Crippen molar-refractivity contribution in [2.45, 2.75) is 81.9 Å². The van der Waals surface area contributed by atoms with Crippen molar-refractivity contribution in [2.24, 2.45) is 0 Å². The summed E-state index contributed by atoms with van der Waals surface area (Å²) >= 11 is 0.